The molecule has 0 bridgehead atoms. The molecule has 1 saturated heterocycles. The van der Waals surface area contributed by atoms with Crippen LogP contribution in [0, 0.1) is 0 Å². The van der Waals surface area contributed by atoms with Gasteiger partial charge in [0.05, 0.1) is 11.9 Å². The highest BCUT2D eigenvalue weighted by Gasteiger charge is 2.28. The van der Waals surface area contributed by atoms with E-state index in [9.17, 15) is 9.90 Å². The monoisotopic (exact) mass is 459 g/mol. The molecular formula is C19H22ClN9O3. The maximum absolute atomic E-state index is 12.9. The standard InChI is InChI=1S/C19H22ClN9O3/c1-11-4-2-3-7-28(11)10-14-16(23-27-29(14)18-17(21)25-32-26-18)19(31)24-22-9-12-8-13(20)5-6-15(12)30/h5-6,8-9,11,30H,2-4,7,10H2,1H3,(H2,21,25)(H,24,31). The number of likely N-dealkylation sites (tertiary alicyclic amines) is 1. The molecule has 1 unspecified atom stereocenters. The summed E-state index contributed by atoms with van der Waals surface area (Å²) in [6.45, 7) is 3.43. The number of phenols is 1. The Morgan fingerprint density at radius 1 is 1.44 bits per heavy atom. The van der Waals surface area contributed by atoms with Crippen molar-refractivity contribution in [2.24, 2.45) is 5.10 Å². The van der Waals surface area contributed by atoms with Gasteiger partial charge in [0.1, 0.15) is 5.75 Å². The minimum Gasteiger partial charge on any atom is -0.507 e. The zero-order valence-electron chi connectivity index (χ0n) is 17.3. The Morgan fingerprint density at radius 2 is 2.28 bits per heavy atom. The summed E-state index contributed by atoms with van der Waals surface area (Å²) in [5, 5.41) is 29.6. The molecule has 0 saturated carbocycles. The molecule has 0 radical (unpaired) electrons. The summed E-state index contributed by atoms with van der Waals surface area (Å²) >= 11 is 5.93. The van der Waals surface area contributed by atoms with E-state index in [1.54, 1.807) is 6.07 Å². The number of halogens is 1. The van der Waals surface area contributed by atoms with Crippen LogP contribution in [0.3, 0.4) is 0 Å². The lowest BCUT2D eigenvalue weighted by Crippen LogP contribution is -2.38. The Bertz CT molecular complexity index is 1140. The molecule has 4 N–H and O–H groups in total. The van der Waals surface area contributed by atoms with Gasteiger partial charge in [0.25, 0.3) is 5.91 Å². The molecule has 3 aromatic rings. The number of aromatic nitrogens is 5. The van der Waals surface area contributed by atoms with Crippen molar-refractivity contribution in [3.63, 3.8) is 0 Å². The number of amides is 1. The van der Waals surface area contributed by atoms with Gasteiger partial charge in [-0.05, 0) is 54.8 Å². The van der Waals surface area contributed by atoms with Gasteiger partial charge in [-0.1, -0.05) is 23.2 Å². The molecule has 3 heterocycles. The van der Waals surface area contributed by atoms with Gasteiger partial charge in [-0.3, -0.25) is 9.69 Å². The first-order valence-electron chi connectivity index (χ1n) is 10.0. The predicted octanol–water partition coefficient (Wildman–Crippen LogP) is 1.73. The minimum absolute atomic E-state index is 0.0212. The fraction of sp³-hybridized carbons (Fsp3) is 0.368. The van der Waals surface area contributed by atoms with Crippen molar-refractivity contribution >= 4 is 29.5 Å². The van der Waals surface area contributed by atoms with Crippen molar-refractivity contribution in [3.05, 3.63) is 40.2 Å². The van der Waals surface area contributed by atoms with Crippen LogP contribution in [0.25, 0.3) is 5.82 Å². The number of phenolic OH excluding ortho intramolecular Hbond substituents is 1. The number of carbonyl (C=O) groups is 1. The third-order valence-electron chi connectivity index (χ3n) is 5.33. The number of hydrogen-bond acceptors (Lipinski definition) is 10. The Kier molecular flexibility index (Phi) is 6.32. The van der Waals surface area contributed by atoms with Crippen LogP contribution < -0.4 is 11.2 Å². The molecule has 32 heavy (non-hydrogen) atoms. The van der Waals surface area contributed by atoms with Crippen molar-refractivity contribution in [1.29, 1.82) is 0 Å². The van der Waals surface area contributed by atoms with Crippen LogP contribution >= 0.6 is 11.6 Å². The highest BCUT2D eigenvalue weighted by Crippen LogP contribution is 2.23. The fourth-order valence-electron chi connectivity index (χ4n) is 3.55. The molecular weight excluding hydrogens is 438 g/mol. The molecule has 1 aliphatic rings. The van der Waals surface area contributed by atoms with Crippen LogP contribution in [0.4, 0.5) is 5.82 Å². The Labute approximate surface area is 188 Å². The number of nitrogens with one attached hydrogen (secondary N) is 1. The molecule has 1 aliphatic heterocycles. The molecule has 1 aromatic carbocycles. The second-order valence-electron chi connectivity index (χ2n) is 7.49. The number of nitrogens with two attached hydrogens (primary N) is 1. The number of piperidine rings is 1. The van der Waals surface area contributed by atoms with Gasteiger partial charge in [0.15, 0.2) is 5.69 Å². The van der Waals surface area contributed by atoms with Crippen LogP contribution in [-0.2, 0) is 6.54 Å². The highest BCUT2D eigenvalue weighted by molar-refractivity contribution is 6.30. The third-order valence-corrected chi connectivity index (χ3v) is 5.56. The number of carbonyl (C=O) groups excluding carboxylic acids is 1. The van der Waals surface area contributed by atoms with Crippen LogP contribution in [0.2, 0.25) is 5.02 Å². The van der Waals surface area contributed by atoms with Crippen LogP contribution in [0.15, 0.2) is 27.9 Å². The van der Waals surface area contributed by atoms with E-state index in [0.29, 0.717) is 28.9 Å². The maximum atomic E-state index is 12.9. The molecule has 168 valence electrons. The Hall–Kier alpha value is -3.51. The molecule has 12 nitrogen and oxygen atoms in total. The maximum Gasteiger partial charge on any atom is 0.293 e. The molecule has 4 rings (SSSR count). The van der Waals surface area contributed by atoms with Gasteiger partial charge in [-0.15, -0.1) is 5.10 Å². The summed E-state index contributed by atoms with van der Waals surface area (Å²) in [6, 6.07) is 4.83. The van der Waals surface area contributed by atoms with E-state index < -0.39 is 5.91 Å². The van der Waals surface area contributed by atoms with Crippen LogP contribution in [0.1, 0.15) is 47.9 Å². The molecule has 0 spiro atoms. The van der Waals surface area contributed by atoms with Crippen molar-refractivity contribution in [3.8, 4) is 11.6 Å². The van der Waals surface area contributed by atoms with Crippen molar-refractivity contribution in [2.45, 2.75) is 38.8 Å². The third kappa shape index (κ3) is 4.55. The first kappa shape index (κ1) is 21.7. The lowest BCUT2D eigenvalue weighted by molar-refractivity contribution is 0.0945. The minimum atomic E-state index is -0.580. The smallest absolute Gasteiger partial charge is 0.293 e. The fourth-order valence-corrected chi connectivity index (χ4v) is 3.74. The summed E-state index contributed by atoms with van der Waals surface area (Å²) in [7, 11) is 0. The highest BCUT2D eigenvalue weighted by atomic mass is 35.5. The number of rotatable bonds is 6. The number of nitrogen functional groups attached to an aromatic ring is 1. The number of hydrogen-bond donors (Lipinski definition) is 3. The summed E-state index contributed by atoms with van der Waals surface area (Å²) in [6.07, 6.45) is 4.57. The molecule has 0 aliphatic carbocycles. The second kappa shape index (κ2) is 9.32. The normalized spacial score (nSPS) is 17.1. The van der Waals surface area contributed by atoms with E-state index >= 15 is 0 Å². The van der Waals surface area contributed by atoms with Crippen molar-refractivity contribution in [2.75, 3.05) is 12.3 Å². The van der Waals surface area contributed by atoms with Crippen molar-refractivity contribution in [1.82, 2.24) is 35.6 Å². The molecule has 2 aromatic heterocycles. The summed E-state index contributed by atoms with van der Waals surface area (Å²) in [5.41, 5.74) is 9.14. The Morgan fingerprint density at radius 3 is 3.03 bits per heavy atom. The largest absolute Gasteiger partial charge is 0.507 e. The first-order chi connectivity index (χ1) is 15.4. The number of hydrazone groups is 1. The SMILES string of the molecule is CC1CCCCN1Cc1c(C(=O)NN=Cc2cc(Cl)ccc2O)nnn1-c1nonc1N. The molecule has 13 heteroatoms. The zero-order valence-corrected chi connectivity index (χ0v) is 18.0. The van der Waals surface area contributed by atoms with Gasteiger partial charge in [0.2, 0.25) is 11.6 Å². The van der Waals surface area contributed by atoms with E-state index in [-0.39, 0.29) is 23.1 Å². The van der Waals surface area contributed by atoms with Crippen LogP contribution in [-0.4, -0.2) is 60.0 Å². The van der Waals surface area contributed by atoms with Crippen molar-refractivity contribution < 1.29 is 14.5 Å². The van der Waals surface area contributed by atoms with E-state index in [1.807, 2.05) is 0 Å². The van der Waals surface area contributed by atoms with Crippen LogP contribution in [0.5, 0.6) is 5.75 Å². The van der Waals surface area contributed by atoms with E-state index in [0.717, 1.165) is 25.8 Å². The summed E-state index contributed by atoms with van der Waals surface area (Å²) in [5.74, 6) is -0.413. The predicted molar refractivity (Wildman–Crippen MR) is 116 cm³/mol. The first-order valence-corrected chi connectivity index (χ1v) is 10.4. The second-order valence-corrected chi connectivity index (χ2v) is 7.92. The number of nitrogens with zero attached hydrogens (tertiary/aromatic N) is 7. The topological polar surface area (TPSA) is 161 Å². The molecule has 1 atom stereocenters. The van der Waals surface area contributed by atoms with E-state index in [4.69, 9.17) is 17.3 Å². The van der Waals surface area contributed by atoms with E-state index in [2.05, 4.69) is 47.6 Å². The Balaban J connectivity index is 1.60. The quantitative estimate of drug-likeness (QED) is 0.368. The average Bonchev–Trinajstić information content (AvgIpc) is 3.38. The molecule has 1 amide bonds. The van der Waals surface area contributed by atoms with Gasteiger partial charge in [-0.2, -0.15) is 9.78 Å². The van der Waals surface area contributed by atoms with Gasteiger partial charge >= 0.3 is 0 Å². The van der Waals surface area contributed by atoms with Gasteiger partial charge in [-0.25, -0.2) is 10.1 Å². The zero-order chi connectivity index (χ0) is 22.7. The lowest BCUT2D eigenvalue weighted by Gasteiger charge is -2.33. The number of aromatic hydroxyl groups is 1. The summed E-state index contributed by atoms with van der Waals surface area (Å²) in [4.78, 5) is 15.1. The molecule has 1 fully saturated rings. The summed E-state index contributed by atoms with van der Waals surface area (Å²) < 4.78 is 6.04. The number of anilines is 1. The number of benzene rings is 1. The average molecular weight is 460 g/mol. The van der Waals surface area contributed by atoms with Gasteiger partial charge in [0, 0.05) is 23.2 Å². The van der Waals surface area contributed by atoms with Gasteiger partial charge < -0.3 is 10.8 Å². The van der Waals surface area contributed by atoms with E-state index in [1.165, 1.54) is 23.0 Å². The lowest BCUT2D eigenvalue weighted by atomic mass is 10.0.